The fraction of sp³-hybridized carbons (Fsp3) is 0.474. The molecule has 2 aliphatic rings. The number of nitrogens with one attached hydrogen (secondary N) is 3. The number of ether oxygens (including phenoxy) is 2. The van der Waals surface area contributed by atoms with Crippen LogP contribution in [0.15, 0.2) is 18.3 Å². The van der Waals surface area contributed by atoms with Crippen LogP contribution in [0.25, 0.3) is 0 Å². The van der Waals surface area contributed by atoms with Crippen molar-refractivity contribution in [3.05, 3.63) is 29.7 Å². The Labute approximate surface area is 162 Å². The summed E-state index contributed by atoms with van der Waals surface area (Å²) in [5.74, 6) is 1.06. The zero-order valence-electron chi connectivity index (χ0n) is 15.5. The molecule has 0 atom stereocenters. The summed E-state index contributed by atoms with van der Waals surface area (Å²) >= 11 is 0. The van der Waals surface area contributed by atoms with E-state index in [0.29, 0.717) is 43.2 Å². The average molecular weight is 386 g/mol. The number of anilines is 3. The maximum absolute atomic E-state index is 14.1. The van der Waals surface area contributed by atoms with E-state index in [1.807, 2.05) is 6.07 Å². The molecule has 4 rings (SSSR count). The summed E-state index contributed by atoms with van der Waals surface area (Å²) in [5, 5.41) is 15.6. The molecule has 0 spiro atoms. The Hall–Kier alpha value is -2.83. The predicted molar refractivity (Wildman–Crippen MR) is 102 cm³/mol. The van der Waals surface area contributed by atoms with E-state index < -0.39 is 5.82 Å². The largest absolute Gasteiger partial charge is 0.490 e. The lowest BCUT2D eigenvalue weighted by atomic mass is 10.2. The van der Waals surface area contributed by atoms with Crippen molar-refractivity contribution in [3.8, 4) is 11.8 Å². The fourth-order valence-electron chi connectivity index (χ4n) is 3.00. The Morgan fingerprint density at radius 3 is 2.93 bits per heavy atom. The first-order valence-electron chi connectivity index (χ1n) is 9.46. The van der Waals surface area contributed by atoms with Crippen LogP contribution < -0.4 is 15.4 Å². The van der Waals surface area contributed by atoms with Crippen LogP contribution in [0, 0.1) is 17.1 Å². The van der Waals surface area contributed by atoms with Crippen molar-refractivity contribution >= 4 is 17.5 Å². The zero-order valence-corrected chi connectivity index (χ0v) is 15.5. The van der Waals surface area contributed by atoms with Gasteiger partial charge < -0.3 is 25.1 Å². The van der Waals surface area contributed by atoms with E-state index in [1.165, 1.54) is 12.1 Å². The van der Waals surface area contributed by atoms with Crippen LogP contribution in [0.4, 0.5) is 21.8 Å². The highest BCUT2D eigenvalue weighted by Crippen LogP contribution is 2.31. The molecule has 3 N–H and O–H groups in total. The van der Waals surface area contributed by atoms with E-state index >= 15 is 0 Å². The predicted octanol–water partition coefficient (Wildman–Crippen LogP) is 2.45. The Morgan fingerprint density at radius 1 is 1.36 bits per heavy atom. The van der Waals surface area contributed by atoms with Gasteiger partial charge in [0, 0.05) is 31.7 Å². The van der Waals surface area contributed by atoms with Crippen LogP contribution in [-0.2, 0) is 4.74 Å². The molecule has 0 unspecified atom stereocenters. The van der Waals surface area contributed by atoms with E-state index in [4.69, 9.17) is 14.7 Å². The lowest BCUT2D eigenvalue weighted by Gasteiger charge is -2.26. The van der Waals surface area contributed by atoms with Crippen molar-refractivity contribution in [2.75, 3.05) is 50.1 Å². The number of hydrogen-bond acceptors (Lipinski definition) is 7. The third-order valence-corrected chi connectivity index (χ3v) is 4.72. The van der Waals surface area contributed by atoms with Crippen molar-refractivity contribution in [1.29, 1.82) is 5.26 Å². The lowest BCUT2D eigenvalue weighted by molar-refractivity contribution is 0.0323. The van der Waals surface area contributed by atoms with E-state index in [2.05, 4.69) is 25.5 Å². The minimum absolute atomic E-state index is 0.0501. The molecule has 0 bridgehead atoms. The van der Waals surface area contributed by atoms with E-state index in [-0.39, 0.29) is 5.56 Å². The fourth-order valence-corrected chi connectivity index (χ4v) is 3.00. The minimum Gasteiger partial charge on any atom is -0.490 e. The van der Waals surface area contributed by atoms with Gasteiger partial charge in [-0.05, 0) is 18.9 Å². The summed E-state index contributed by atoms with van der Waals surface area (Å²) in [7, 11) is 0. The standard InChI is InChI=1S/C19H23FN6O2/c20-15-10-17(28-8-5-26-3-6-27-7-4-26)16(9-13(15)11-21)24-19-22-12-18(25-19)23-14-1-2-14/h9-10,12,14,23H,1-8H2,(H2,22,24,25). The van der Waals surface area contributed by atoms with Gasteiger partial charge in [0.15, 0.2) is 0 Å². The summed E-state index contributed by atoms with van der Waals surface area (Å²) in [4.78, 5) is 9.65. The minimum atomic E-state index is -0.607. The molecule has 9 heteroatoms. The van der Waals surface area contributed by atoms with Crippen LogP contribution >= 0.6 is 0 Å². The Kier molecular flexibility index (Phi) is 5.60. The summed E-state index contributed by atoms with van der Waals surface area (Å²) in [5.41, 5.74) is 0.443. The second-order valence-corrected chi connectivity index (χ2v) is 6.93. The van der Waals surface area contributed by atoms with Crippen LogP contribution in [0.2, 0.25) is 0 Å². The van der Waals surface area contributed by atoms with Gasteiger partial charge in [0.25, 0.3) is 0 Å². The third kappa shape index (κ3) is 4.71. The molecule has 0 radical (unpaired) electrons. The molecule has 28 heavy (non-hydrogen) atoms. The molecule has 2 aromatic rings. The van der Waals surface area contributed by atoms with Crippen molar-refractivity contribution in [2.24, 2.45) is 0 Å². The first kappa shape index (κ1) is 18.5. The van der Waals surface area contributed by atoms with Crippen molar-refractivity contribution < 1.29 is 13.9 Å². The van der Waals surface area contributed by atoms with Gasteiger partial charge in [-0.2, -0.15) is 5.26 Å². The quantitative estimate of drug-likeness (QED) is 0.641. The number of nitriles is 1. The van der Waals surface area contributed by atoms with Crippen molar-refractivity contribution in [1.82, 2.24) is 14.9 Å². The third-order valence-electron chi connectivity index (χ3n) is 4.72. The second-order valence-electron chi connectivity index (χ2n) is 6.93. The number of aromatic nitrogens is 2. The number of nitrogens with zero attached hydrogens (tertiary/aromatic N) is 3. The normalized spacial score (nSPS) is 17.1. The molecule has 148 valence electrons. The maximum Gasteiger partial charge on any atom is 0.206 e. The van der Waals surface area contributed by atoms with Gasteiger partial charge in [-0.25, -0.2) is 9.37 Å². The number of imidazole rings is 1. The topological polar surface area (TPSA) is 98.2 Å². The molecule has 1 saturated heterocycles. The first-order chi connectivity index (χ1) is 13.7. The van der Waals surface area contributed by atoms with Crippen LogP contribution in [-0.4, -0.2) is 60.4 Å². The molecule has 0 amide bonds. The summed E-state index contributed by atoms with van der Waals surface area (Å²) < 4.78 is 25.3. The SMILES string of the molecule is N#Cc1cc(Nc2ncc(NC3CC3)[nH]2)c(OCCN2CCOCC2)cc1F. The number of hydrogen-bond donors (Lipinski definition) is 3. The Balaban J connectivity index is 1.44. The van der Waals surface area contributed by atoms with Gasteiger partial charge in [0.05, 0.1) is 30.7 Å². The van der Waals surface area contributed by atoms with Crippen LogP contribution in [0.3, 0.4) is 0 Å². The number of aromatic amines is 1. The lowest BCUT2D eigenvalue weighted by Crippen LogP contribution is -2.38. The second kappa shape index (κ2) is 8.46. The Morgan fingerprint density at radius 2 is 2.18 bits per heavy atom. The molecule has 2 fully saturated rings. The Bertz CT molecular complexity index is 855. The van der Waals surface area contributed by atoms with E-state index in [1.54, 1.807) is 6.20 Å². The molecular weight excluding hydrogens is 363 g/mol. The number of benzene rings is 1. The summed E-state index contributed by atoms with van der Waals surface area (Å²) in [6.45, 7) is 4.29. The van der Waals surface area contributed by atoms with Crippen LogP contribution in [0.1, 0.15) is 18.4 Å². The number of H-pyrrole nitrogens is 1. The van der Waals surface area contributed by atoms with Crippen molar-refractivity contribution in [3.63, 3.8) is 0 Å². The summed E-state index contributed by atoms with van der Waals surface area (Å²) in [6.07, 6.45) is 4.02. The smallest absolute Gasteiger partial charge is 0.206 e. The van der Waals surface area contributed by atoms with Crippen molar-refractivity contribution in [2.45, 2.75) is 18.9 Å². The monoisotopic (exact) mass is 386 g/mol. The maximum atomic E-state index is 14.1. The van der Waals surface area contributed by atoms with Gasteiger partial charge in [-0.15, -0.1) is 0 Å². The molecule has 8 nitrogen and oxygen atoms in total. The van der Waals surface area contributed by atoms with E-state index in [9.17, 15) is 4.39 Å². The van der Waals surface area contributed by atoms with Gasteiger partial charge >= 0.3 is 0 Å². The zero-order chi connectivity index (χ0) is 19.3. The summed E-state index contributed by atoms with van der Waals surface area (Å²) in [6, 6.07) is 5.05. The van der Waals surface area contributed by atoms with Gasteiger partial charge in [0.1, 0.15) is 30.1 Å². The number of morpholine rings is 1. The average Bonchev–Trinajstić information content (AvgIpc) is 3.41. The number of halogens is 1. The van der Waals surface area contributed by atoms with Gasteiger partial charge in [-0.3, -0.25) is 4.90 Å². The molecule has 1 aliphatic heterocycles. The molecule has 1 aromatic heterocycles. The molecule has 1 saturated carbocycles. The highest BCUT2D eigenvalue weighted by atomic mass is 19.1. The highest BCUT2D eigenvalue weighted by Gasteiger charge is 2.21. The number of rotatable bonds is 8. The van der Waals surface area contributed by atoms with Crippen LogP contribution in [0.5, 0.6) is 5.75 Å². The molecule has 1 aromatic carbocycles. The molecule has 1 aliphatic carbocycles. The highest BCUT2D eigenvalue weighted by molar-refractivity contribution is 5.66. The molecule has 2 heterocycles. The van der Waals surface area contributed by atoms with Gasteiger partial charge in [0.2, 0.25) is 5.95 Å². The van der Waals surface area contributed by atoms with E-state index in [0.717, 1.165) is 38.3 Å². The van der Waals surface area contributed by atoms with Gasteiger partial charge in [-0.1, -0.05) is 0 Å². The molecular formula is C19H23FN6O2. The first-order valence-corrected chi connectivity index (χ1v) is 9.46.